The van der Waals surface area contributed by atoms with Crippen LogP contribution in [0.15, 0.2) is 47.0 Å². The lowest BCUT2D eigenvalue weighted by molar-refractivity contribution is -0.120. The molecule has 0 aromatic heterocycles. The van der Waals surface area contributed by atoms with Crippen LogP contribution in [0.4, 0.5) is 0 Å². The molecular formula is C20H19NO5S2. The third-order valence-electron chi connectivity index (χ3n) is 4.47. The molecule has 1 aliphatic carbocycles. The van der Waals surface area contributed by atoms with Gasteiger partial charge in [0.2, 0.25) is 0 Å². The summed E-state index contributed by atoms with van der Waals surface area (Å²) in [4.78, 5) is 15.1. The summed E-state index contributed by atoms with van der Waals surface area (Å²) in [5, 5.41) is 0. The molecule has 0 radical (unpaired) electrons. The summed E-state index contributed by atoms with van der Waals surface area (Å²) in [5.41, 5.74) is 1.54. The second kappa shape index (κ2) is 8.08. The van der Waals surface area contributed by atoms with E-state index in [0.717, 1.165) is 5.56 Å². The number of thioether (sulfide) groups is 1. The molecule has 2 heterocycles. The van der Waals surface area contributed by atoms with E-state index >= 15 is 0 Å². The number of rotatable bonds is 5. The van der Waals surface area contributed by atoms with Crippen molar-refractivity contribution < 1.29 is 23.7 Å². The van der Waals surface area contributed by atoms with Crippen LogP contribution in [0.3, 0.4) is 0 Å². The molecule has 146 valence electrons. The Kier molecular flexibility index (Phi) is 5.54. The predicted octanol–water partition coefficient (Wildman–Crippen LogP) is 3.49. The minimum Gasteiger partial charge on any atom is -0.493 e. The predicted molar refractivity (Wildman–Crippen MR) is 111 cm³/mol. The third-order valence-corrected chi connectivity index (χ3v) is 5.78. The summed E-state index contributed by atoms with van der Waals surface area (Å²) in [5.74, 6) is 1.13. The summed E-state index contributed by atoms with van der Waals surface area (Å²) in [7, 11) is 1.59. The van der Waals surface area contributed by atoms with Crippen LogP contribution in [0.2, 0.25) is 0 Å². The molecule has 2 atom stereocenters. The maximum Gasteiger partial charge on any atom is 0.270 e. The summed E-state index contributed by atoms with van der Waals surface area (Å²) in [6, 6.07) is 5.55. The molecule has 3 aliphatic rings. The summed E-state index contributed by atoms with van der Waals surface area (Å²) < 4.78 is 22.4. The molecule has 28 heavy (non-hydrogen) atoms. The first-order valence-electron chi connectivity index (χ1n) is 8.82. The Labute approximate surface area is 172 Å². The van der Waals surface area contributed by atoms with Crippen LogP contribution in [0.5, 0.6) is 11.5 Å². The lowest BCUT2D eigenvalue weighted by atomic mass is 10.1. The molecule has 1 amide bonds. The van der Waals surface area contributed by atoms with Gasteiger partial charge in [0.1, 0.15) is 19.0 Å². The number of methoxy groups -OCH3 is 1. The topological polar surface area (TPSA) is 57.2 Å². The van der Waals surface area contributed by atoms with E-state index in [2.05, 4.69) is 0 Å². The molecule has 2 fully saturated rings. The number of thiocarbonyl (C=S) groups is 1. The Balaban J connectivity index is 1.58. The number of allylic oxidation sites excluding steroid dienone is 1. The van der Waals surface area contributed by atoms with E-state index in [1.165, 1.54) is 16.7 Å². The van der Waals surface area contributed by atoms with Gasteiger partial charge >= 0.3 is 0 Å². The second-order valence-electron chi connectivity index (χ2n) is 6.19. The van der Waals surface area contributed by atoms with Crippen LogP contribution < -0.4 is 9.47 Å². The fourth-order valence-electron chi connectivity index (χ4n) is 3.15. The van der Waals surface area contributed by atoms with Crippen molar-refractivity contribution in [3.63, 3.8) is 0 Å². The normalized spacial score (nSPS) is 25.3. The molecule has 1 aromatic carbocycles. The van der Waals surface area contributed by atoms with Crippen LogP contribution >= 0.6 is 24.0 Å². The lowest BCUT2D eigenvalue weighted by Crippen LogP contribution is -2.31. The van der Waals surface area contributed by atoms with Gasteiger partial charge in [0.05, 0.1) is 18.6 Å². The summed E-state index contributed by atoms with van der Waals surface area (Å²) in [6.07, 6.45) is 7.14. The van der Waals surface area contributed by atoms with Gasteiger partial charge in [-0.1, -0.05) is 36.1 Å². The molecule has 0 bridgehead atoms. The molecule has 0 saturated carbocycles. The zero-order chi connectivity index (χ0) is 19.7. The van der Waals surface area contributed by atoms with Gasteiger partial charge in [0, 0.05) is 5.70 Å². The smallest absolute Gasteiger partial charge is 0.270 e. The van der Waals surface area contributed by atoms with Gasteiger partial charge in [0.15, 0.2) is 15.8 Å². The van der Waals surface area contributed by atoms with E-state index in [9.17, 15) is 4.79 Å². The van der Waals surface area contributed by atoms with Crippen LogP contribution in [-0.2, 0) is 14.3 Å². The number of hydrogen-bond acceptors (Lipinski definition) is 7. The molecule has 2 unspecified atom stereocenters. The van der Waals surface area contributed by atoms with Crippen LogP contribution in [0.25, 0.3) is 6.08 Å². The van der Waals surface area contributed by atoms with Gasteiger partial charge in [-0.05, 0) is 42.8 Å². The maximum atomic E-state index is 13.0. The van der Waals surface area contributed by atoms with E-state index in [1.807, 2.05) is 49.4 Å². The van der Waals surface area contributed by atoms with E-state index < -0.39 is 0 Å². The van der Waals surface area contributed by atoms with Gasteiger partial charge < -0.3 is 18.9 Å². The molecule has 6 nitrogen and oxygen atoms in total. The molecular weight excluding hydrogens is 398 g/mol. The second-order valence-corrected chi connectivity index (χ2v) is 7.87. The van der Waals surface area contributed by atoms with Crippen LogP contribution in [0.1, 0.15) is 12.5 Å². The molecule has 8 heteroatoms. The number of nitrogens with zero attached hydrogens (tertiary/aromatic N) is 1. The summed E-state index contributed by atoms with van der Waals surface area (Å²) in [6.45, 7) is 2.72. The minimum absolute atomic E-state index is 0.103. The maximum absolute atomic E-state index is 13.0. The quantitative estimate of drug-likeness (QED) is 0.537. The highest BCUT2D eigenvalue weighted by atomic mass is 32.2. The number of fused-ring (bicyclic) bond motifs is 1. The molecule has 4 rings (SSSR count). The first-order chi connectivity index (χ1) is 13.6. The minimum atomic E-state index is -0.191. The van der Waals surface area contributed by atoms with Gasteiger partial charge in [0.25, 0.3) is 5.91 Å². The van der Waals surface area contributed by atoms with E-state index in [4.69, 9.17) is 31.2 Å². The van der Waals surface area contributed by atoms with Crippen molar-refractivity contribution >= 4 is 40.3 Å². The van der Waals surface area contributed by atoms with Gasteiger partial charge in [-0.3, -0.25) is 9.69 Å². The number of carbonyl (C=O) groups excluding carboxylic acids is 1. The van der Waals surface area contributed by atoms with E-state index in [0.29, 0.717) is 33.0 Å². The SMILES string of the molecule is CCOc1ccc(/C=C2\SC(=S)N(C3=CC4OCOC4C=C3)C2=O)cc1OC. The zero-order valence-electron chi connectivity index (χ0n) is 15.4. The third kappa shape index (κ3) is 3.60. The van der Waals surface area contributed by atoms with Crippen molar-refractivity contribution in [3.05, 3.63) is 52.6 Å². The Morgan fingerprint density at radius 1 is 1.32 bits per heavy atom. The van der Waals surface area contributed by atoms with Crippen molar-refractivity contribution in [3.8, 4) is 11.5 Å². The number of amides is 1. The molecule has 2 saturated heterocycles. The average molecular weight is 418 g/mol. The molecule has 2 aliphatic heterocycles. The highest BCUT2D eigenvalue weighted by Gasteiger charge is 2.37. The zero-order valence-corrected chi connectivity index (χ0v) is 17.0. The van der Waals surface area contributed by atoms with Crippen molar-refractivity contribution in [2.24, 2.45) is 0 Å². The first kappa shape index (κ1) is 19.2. The summed E-state index contributed by atoms with van der Waals surface area (Å²) >= 11 is 6.72. The molecule has 0 spiro atoms. The van der Waals surface area contributed by atoms with Crippen molar-refractivity contribution in [1.82, 2.24) is 4.90 Å². The number of carbonyl (C=O) groups is 1. The Morgan fingerprint density at radius 3 is 2.93 bits per heavy atom. The Hall–Kier alpha value is -2.13. The van der Waals surface area contributed by atoms with Gasteiger partial charge in [-0.2, -0.15) is 0 Å². The molecule has 1 aromatic rings. The highest BCUT2D eigenvalue weighted by molar-refractivity contribution is 8.26. The molecule has 0 N–H and O–H groups in total. The number of hydrogen-bond donors (Lipinski definition) is 0. The van der Waals surface area contributed by atoms with Gasteiger partial charge in [-0.15, -0.1) is 0 Å². The van der Waals surface area contributed by atoms with Crippen molar-refractivity contribution in [2.75, 3.05) is 20.5 Å². The van der Waals surface area contributed by atoms with E-state index in [-0.39, 0.29) is 24.9 Å². The fraction of sp³-hybridized carbons (Fsp3) is 0.300. The van der Waals surface area contributed by atoms with Crippen LogP contribution in [0, 0.1) is 0 Å². The van der Waals surface area contributed by atoms with Crippen molar-refractivity contribution in [1.29, 1.82) is 0 Å². The monoisotopic (exact) mass is 417 g/mol. The first-order valence-corrected chi connectivity index (χ1v) is 10.0. The highest BCUT2D eigenvalue weighted by Crippen LogP contribution is 2.38. The number of benzene rings is 1. The Morgan fingerprint density at radius 2 is 2.14 bits per heavy atom. The Bertz CT molecular complexity index is 908. The standard InChI is InChI=1S/C20H19NO5S2/c1-3-24-14-6-4-12(8-16(14)23-2)9-18-19(22)21(20(27)28-18)13-5-7-15-17(10-13)26-11-25-15/h4-10,15,17H,3,11H2,1-2H3/b18-9-. The van der Waals surface area contributed by atoms with Crippen molar-refractivity contribution in [2.45, 2.75) is 19.1 Å². The van der Waals surface area contributed by atoms with Crippen LogP contribution in [-0.4, -0.2) is 47.8 Å². The van der Waals surface area contributed by atoms with E-state index in [1.54, 1.807) is 7.11 Å². The fourth-order valence-corrected chi connectivity index (χ4v) is 4.45. The number of ether oxygens (including phenoxy) is 4. The largest absolute Gasteiger partial charge is 0.493 e. The lowest BCUT2D eigenvalue weighted by Gasteiger charge is -2.22. The van der Waals surface area contributed by atoms with Gasteiger partial charge in [-0.25, -0.2) is 0 Å². The average Bonchev–Trinajstić information content (AvgIpc) is 3.26.